The van der Waals surface area contributed by atoms with Gasteiger partial charge in [0.25, 0.3) is 0 Å². The fourth-order valence-electron chi connectivity index (χ4n) is 1.78. The van der Waals surface area contributed by atoms with Crippen LogP contribution in [-0.4, -0.2) is 27.3 Å². The fraction of sp³-hybridized carbons (Fsp3) is 0.500. The lowest BCUT2D eigenvalue weighted by molar-refractivity contribution is -0.146. The number of hydrogen-bond donors (Lipinski definition) is 0. The summed E-state index contributed by atoms with van der Waals surface area (Å²) in [7, 11) is 0. The second-order valence-corrected chi connectivity index (χ2v) is 7.42. The molecule has 0 saturated heterocycles. The van der Waals surface area contributed by atoms with Gasteiger partial charge in [0.15, 0.2) is 0 Å². The number of fused-ring (bicyclic) bond motifs is 1. The summed E-state index contributed by atoms with van der Waals surface area (Å²) in [5.41, 5.74) is 1.19. The Bertz CT molecular complexity index is 637. The van der Waals surface area contributed by atoms with Gasteiger partial charge in [-0.15, -0.1) is 11.3 Å². The van der Waals surface area contributed by atoms with E-state index in [1.54, 1.807) is 17.7 Å². The van der Waals surface area contributed by atoms with Gasteiger partial charge in [-0.2, -0.15) is 0 Å². The first-order valence-electron chi connectivity index (χ1n) is 6.48. The van der Waals surface area contributed by atoms with E-state index < -0.39 is 0 Å². The molecule has 0 radical (unpaired) electrons. The van der Waals surface area contributed by atoms with Crippen LogP contribution in [-0.2, 0) is 9.53 Å². The zero-order valence-electron chi connectivity index (χ0n) is 12.3. The third kappa shape index (κ3) is 3.12. The number of hydrogen-bond acceptors (Lipinski definition) is 6. The molecule has 20 heavy (non-hydrogen) atoms. The fourth-order valence-corrected chi connectivity index (χ4v) is 3.81. The number of carbonyl (C=O) groups excluding carboxylic acids is 1. The van der Waals surface area contributed by atoms with Gasteiger partial charge in [-0.1, -0.05) is 11.8 Å². The van der Waals surface area contributed by atoms with Crippen molar-refractivity contribution in [3.05, 3.63) is 16.8 Å². The molecule has 0 aromatic carbocycles. The van der Waals surface area contributed by atoms with Crippen LogP contribution in [0.15, 0.2) is 11.4 Å². The van der Waals surface area contributed by atoms with Crippen LogP contribution in [0, 0.1) is 13.8 Å². The summed E-state index contributed by atoms with van der Waals surface area (Å²) < 4.78 is 5.23. The average molecular weight is 310 g/mol. The Labute approximate surface area is 127 Å². The van der Waals surface area contributed by atoms with Crippen LogP contribution in [0.5, 0.6) is 0 Å². The van der Waals surface area contributed by atoms with Crippen molar-refractivity contribution in [2.45, 2.75) is 51.0 Å². The maximum Gasteiger partial charge on any atom is 0.319 e. The normalized spacial score (nSPS) is 12.9. The highest BCUT2D eigenvalue weighted by atomic mass is 32.2. The molecule has 108 valence electrons. The van der Waals surface area contributed by atoms with E-state index in [1.807, 2.05) is 20.8 Å². The Balaban J connectivity index is 2.28. The summed E-state index contributed by atoms with van der Waals surface area (Å²) in [6, 6.07) is 0. The number of thioether (sulfide) groups is 1. The zero-order valence-corrected chi connectivity index (χ0v) is 13.9. The minimum atomic E-state index is -0.282. The van der Waals surface area contributed by atoms with Crippen molar-refractivity contribution in [1.29, 1.82) is 0 Å². The maximum atomic E-state index is 11.9. The summed E-state index contributed by atoms with van der Waals surface area (Å²) >= 11 is 3.09. The molecule has 2 aromatic rings. The lowest BCUT2D eigenvalue weighted by Crippen LogP contribution is -2.20. The number of ether oxygens (including phenoxy) is 1. The molecule has 0 saturated carbocycles. The highest BCUT2D eigenvalue weighted by Gasteiger charge is 2.21. The summed E-state index contributed by atoms with van der Waals surface area (Å²) in [6.07, 6.45) is 1.46. The Kier molecular flexibility index (Phi) is 4.65. The molecule has 2 heterocycles. The Morgan fingerprint density at radius 3 is 2.65 bits per heavy atom. The van der Waals surface area contributed by atoms with E-state index in [4.69, 9.17) is 4.74 Å². The van der Waals surface area contributed by atoms with Crippen LogP contribution in [0.3, 0.4) is 0 Å². The van der Waals surface area contributed by atoms with Gasteiger partial charge in [0, 0.05) is 10.3 Å². The SMILES string of the molecule is Cc1sc2ncnc(S[C@@H](C)C(=O)OC(C)C)c2c1C. The van der Waals surface area contributed by atoms with E-state index in [0.717, 1.165) is 15.2 Å². The van der Waals surface area contributed by atoms with Crippen LogP contribution >= 0.6 is 23.1 Å². The van der Waals surface area contributed by atoms with Crippen molar-refractivity contribution in [1.82, 2.24) is 9.97 Å². The lowest BCUT2D eigenvalue weighted by Gasteiger charge is -2.13. The van der Waals surface area contributed by atoms with Gasteiger partial charge in [0.2, 0.25) is 0 Å². The van der Waals surface area contributed by atoms with E-state index in [-0.39, 0.29) is 17.3 Å². The number of thiophene rings is 1. The van der Waals surface area contributed by atoms with E-state index in [0.29, 0.717) is 0 Å². The molecule has 0 spiro atoms. The minimum Gasteiger partial charge on any atom is -0.462 e. The van der Waals surface area contributed by atoms with Crippen LogP contribution in [0.25, 0.3) is 10.2 Å². The smallest absolute Gasteiger partial charge is 0.319 e. The van der Waals surface area contributed by atoms with Crippen molar-refractivity contribution >= 4 is 39.3 Å². The van der Waals surface area contributed by atoms with E-state index in [9.17, 15) is 4.79 Å². The third-order valence-electron chi connectivity index (χ3n) is 2.90. The van der Waals surface area contributed by atoms with Crippen LogP contribution in [0.2, 0.25) is 0 Å². The molecule has 0 aliphatic heterocycles. The van der Waals surface area contributed by atoms with Crippen molar-refractivity contribution < 1.29 is 9.53 Å². The highest BCUT2D eigenvalue weighted by molar-refractivity contribution is 8.00. The van der Waals surface area contributed by atoms with Crippen molar-refractivity contribution in [2.24, 2.45) is 0 Å². The number of aryl methyl sites for hydroxylation is 2. The standard InChI is InChI=1S/C14H18N2O2S2/c1-7(2)18-14(17)10(5)20-13-11-8(3)9(4)19-12(11)15-6-16-13/h6-7,10H,1-5H3/t10-/m0/s1. The average Bonchev–Trinajstić information content (AvgIpc) is 2.65. The zero-order chi connectivity index (χ0) is 14.9. The van der Waals surface area contributed by atoms with Crippen LogP contribution < -0.4 is 0 Å². The molecular formula is C14H18N2O2S2. The number of carbonyl (C=O) groups is 1. The van der Waals surface area contributed by atoms with Gasteiger partial charge in [0.1, 0.15) is 21.4 Å². The van der Waals surface area contributed by atoms with Gasteiger partial charge < -0.3 is 4.74 Å². The van der Waals surface area contributed by atoms with Gasteiger partial charge in [-0.25, -0.2) is 9.97 Å². The minimum absolute atomic E-state index is 0.0962. The molecule has 6 heteroatoms. The molecule has 0 bridgehead atoms. The van der Waals surface area contributed by atoms with Crippen molar-refractivity contribution in [2.75, 3.05) is 0 Å². The summed E-state index contributed by atoms with van der Waals surface area (Å²) in [5.74, 6) is -0.207. The number of nitrogens with zero attached hydrogens (tertiary/aromatic N) is 2. The summed E-state index contributed by atoms with van der Waals surface area (Å²) in [5, 5.41) is 1.63. The molecule has 0 aliphatic carbocycles. The molecular weight excluding hydrogens is 292 g/mol. The van der Waals surface area contributed by atoms with E-state index in [2.05, 4.69) is 23.8 Å². The largest absolute Gasteiger partial charge is 0.462 e. The lowest BCUT2D eigenvalue weighted by atomic mass is 10.2. The van der Waals surface area contributed by atoms with Gasteiger partial charge in [0.05, 0.1) is 6.10 Å². The number of aromatic nitrogens is 2. The molecule has 0 fully saturated rings. The van der Waals surface area contributed by atoms with Crippen molar-refractivity contribution in [3.63, 3.8) is 0 Å². The second kappa shape index (κ2) is 6.10. The molecule has 1 atom stereocenters. The quantitative estimate of drug-likeness (QED) is 0.489. The van der Waals surface area contributed by atoms with E-state index >= 15 is 0 Å². The molecule has 0 aliphatic rings. The maximum absolute atomic E-state index is 11.9. The molecule has 0 N–H and O–H groups in total. The highest BCUT2D eigenvalue weighted by Crippen LogP contribution is 2.36. The number of rotatable bonds is 4. The third-order valence-corrected chi connectivity index (χ3v) is 5.10. The van der Waals surface area contributed by atoms with Gasteiger partial charge in [-0.05, 0) is 40.2 Å². The molecule has 2 aromatic heterocycles. The Hall–Kier alpha value is -1.14. The van der Waals surface area contributed by atoms with Crippen LogP contribution in [0.4, 0.5) is 0 Å². The number of esters is 1. The predicted octanol–water partition coefficient (Wildman–Crippen LogP) is 3.74. The van der Waals surface area contributed by atoms with Gasteiger partial charge >= 0.3 is 5.97 Å². The Morgan fingerprint density at radius 2 is 2.00 bits per heavy atom. The molecule has 2 rings (SSSR count). The summed E-state index contributed by atoms with van der Waals surface area (Å²) in [6.45, 7) is 9.69. The molecule has 0 amide bonds. The topological polar surface area (TPSA) is 52.1 Å². The van der Waals surface area contributed by atoms with Crippen molar-refractivity contribution in [3.8, 4) is 0 Å². The van der Waals surface area contributed by atoms with E-state index in [1.165, 1.54) is 22.2 Å². The predicted molar refractivity (Wildman–Crippen MR) is 83.4 cm³/mol. The first-order chi connectivity index (χ1) is 9.40. The monoisotopic (exact) mass is 310 g/mol. The summed E-state index contributed by atoms with van der Waals surface area (Å²) in [4.78, 5) is 22.7. The second-order valence-electron chi connectivity index (χ2n) is 4.89. The van der Waals surface area contributed by atoms with Gasteiger partial charge in [-0.3, -0.25) is 4.79 Å². The van der Waals surface area contributed by atoms with Crippen LogP contribution in [0.1, 0.15) is 31.2 Å². The Morgan fingerprint density at radius 1 is 1.30 bits per heavy atom. The first kappa shape index (κ1) is 15.3. The molecule has 0 unspecified atom stereocenters. The molecule has 4 nitrogen and oxygen atoms in total. The first-order valence-corrected chi connectivity index (χ1v) is 8.17.